The maximum atomic E-state index is 14.7. The van der Waals surface area contributed by atoms with E-state index in [0.29, 0.717) is 110 Å². The lowest BCUT2D eigenvalue weighted by Crippen LogP contribution is -2.27. The van der Waals surface area contributed by atoms with Crippen LogP contribution < -0.4 is 32.7 Å². The minimum Gasteiger partial charge on any atom is -0.388 e. The van der Waals surface area contributed by atoms with E-state index in [2.05, 4.69) is 38.3 Å². The number of amidine groups is 2. The second-order valence-corrected chi connectivity index (χ2v) is 14.4. The van der Waals surface area contributed by atoms with Gasteiger partial charge in [0, 0.05) is 62.5 Å². The van der Waals surface area contributed by atoms with Gasteiger partial charge in [-0.3, -0.25) is 34.9 Å². The standard InChI is InChI=1S/C39H58N10O4/c1-25(2)14-18-47-23-29(21-32(47)37(51)45-16-8-6-10-34(40)41)49(39(53)31-13-12-28(36(44)50)20-27(31)5)30-22-33(48(24-30)19-15-26(3)4)38(52)46-17-9-7-11-35(42)43/h12-13,20-26H,6-11,14-19H2,1-5H3,(H3,40,41)(H3,42,43)(H2,44,50)(H,45,51)(H,46,52). The summed E-state index contributed by atoms with van der Waals surface area (Å²) >= 11 is 0. The summed E-state index contributed by atoms with van der Waals surface area (Å²) in [7, 11) is 0. The summed E-state index contributed by atoms with van der Waals surface area (Å²) in [5, 5.41) is 20.9. The fraction of sp³-hybridized carbons (Fsp3) is 0.487. The second-order valence-electron chi connectivity index (χ2n) is 14.4. The number of unbranched alkanes of at least 4 members (excludes halogenated alkanes) is 2. The van der Waals surface area contributed by atoms with Gasteiger partial charge in [0.1, 0.15) is 11.4 Å². The molecule has 0 atom stereocenters. The van der Waals surface area contributed by atoms with Gasteiger partial charge in [-0.25, -0.2) is 0 Å². The Morgan fingerprint density at radius 2 is 1.17 bits per heavy atom. The number of benzene rings is 1. The van der Waals surface area contributed by atoms with Gasteiger partial charge >= 0.3 is 0 Å². The number of carbonyl (C=O) groups excluding carboxylic acids is 4. The van der Waals surface area contributed by atoms with Gasteiger partial charge in [-0.05, 0) is 93.2 Å². The number of anilines is 2. The van der Waals surface area contributed by atoms with E-state index in [9.17, 15) is 19.2 Å². The summed E-state index contributed by atoms with van der Waals surface area (Å²) in [6.07, 6.45) is 8.73. The maximum Gasteiger partial charge on any atom is 0.267 e. The summed E-state index contributed by atoms with van der Waals surface area (Å²) in [6.45, 7) is 12.0. The molecular formula is C39H58N10O4. The van der Waals surface area contributed by atoms with E-state index in [0.717, 1.165) is 12.8 Å². The molecule has 3 aromatic rings. The van der Waals surface area contributed by atoms with Crippen molar-refractivity contribution in [3.8, 4) is 0 Å². The van der Waals surface area contributed by atoms with Crippen LogP contribution in [0.2, 0.25) is 0 Å². The van der Waals surface area contributed by atoms with E-state index in [-0.39, 0.29) is 29.0 Å². The van der Waals surface area contributed by atoms with Crippen molar-refractivity contribution in [2.45, 2.75) is 99.1 Å². The van der Waals surface area contributed by atoms with E-state index >= 15 is 0 Å². The number of nitrogens with two attached hydrogens (primary N) is 3. The summed E-state index contributed by atoms with van der Waals surface area (Å²) in [5.74, 6) is -0.687. The first kappa shape index (κ1) is 42.0. The molecule has 10 N–H and O–H groups in total. The number of hydrogen-bond acceptors (Lipinski definition) is 6. The second kappa shape index (κ2) is 20.0. The van der Waals surface area contributed by atoms with Crippen LogP contribution in [0.4, 0.5) is 11.4 Å². The van der Waals surface area contributed by atoms with Crippen LogP contribution in [0.5, 0.6) is 0 Å². The Morgan fingerprint density at radius 3 is 1.55 bits per heavy atom. The topological polar surface area (TPSA) is 231 Å². The van der Waals surface area contributed by atoms with Crippen LogP contribution in [0.25, 0.3) is 0 Å². The van der Waals surface area contributed by atoms with Crippen molar-refractivity contribution in [3.05, 3.63) is 70.8 Å². The maximum absolute atomic E-state index is 14.7. The van der Waals surface area contributed by atoms with E-state index in [4.69, 9.17) is 28.0 Å². The molecule has 14 nitrogen and oxygen atoms in total. The Kier molecular flexibility index (Phi) is 15.9. The first-order valence-corrected chi connectivity index (χ1v) is 18.5. The van der Waals surface area contributed by atoms with Crippen molar-refractivity contribution >= 4 is 46.7 Å². The highest BCUT2D eigenvalue weighted by atomic mass is 16.2. The molecule has 0 aliphatic rings. The number of hydrogen-bond donors (Lipinski definition) is 7. The Hall–Kier alpha value is -5.40. The highest BCUT2D eigenvalue weighted by Gasteiger charge is 2.28. The Bertz CT molecular complexity index is 1680. The molecule has 4 amide bonds. The van der Waals surface area contributed by atoms with Crippen LogP contribution in [-0.2, 0) is 13.1 Å². The van der Waals surface area contributed by atoms with E-state index in [1.54, 1.807) is 43.6 Å². The average Bonchev–Trinajstić information content (AvgIpc) is 3.70. The van der Waals surface area contributed by atoms with Crippen molar-refractivity contribution in [2.24, 2.45) is 29.0 Å². The summed E-state index contributed by atoms with van der Waals surface area (Å²) < 4.78 is 3.71. The van der Waals surface area contributed by atoms with Crippen LogP contribution in [0.3, 0.4) is 0 Å². The molecule has 2 aromatic heterocycles. The zero-order valence-corrected chi connectivity index (χ0v) is 31.9. The number of aromatic nitrogens is 2. The fourth-order valence-corrected chi connectivity index (χ4v) is 5.81. The number of primary amides is 1. The third kappa shape index (κ3) is 12.7. The summed E-state index contributed by atoms with van der Waals surface area (Å²) in [4.78, 5) is 55.4. The van der Waals surface area contributed by atoms with Gasteiger partial charge in [0.25, 0.3) is 17.7 Å². The first-order valence-electron chi connectivity index (χ1n) is 18.5. The van der Waals surface area contributed by atoms with Crippen molar-refractivity contribution < 1.29 is 19.2 Å². The van der Waals surface area contributed by atoms with Crippen molar-refractivity contribution in [3.63, 3.8) is 0 Å². The Labute approximate surface area is 312 Å². The van der Waals surface area contributed by atoms with E-state index in [1.807, 2.05) is 9.13 Å². The molecule has 0 fully saturated rings. The molecule has 14 heteroatoms. The normalized spacial score (nSPS) is 11.2. The van der Waals surface area contributed by atoms with Gasteiger partial charge in [-0.1, -0.05) is 27.7 Å². The van der Waals surface area contributed by atoms with E-state index < -0.39 is 11.8 Å². The quantitative estimate of drug-likeness (QED) is 0.0404. The van der Waals surface area contributed by atoms with Crippen LogP contribution in [0, 0.1) is 29.6 Å². The Balaban J connectivity index is 2.13. The zero-order chi connectivity index (χ0) is 39.2. The molecule has 3 rings (SSSR count). The lowest BCUT2D eigenvalue weighted by molar-refractivity contribution is 0.0935. The molecule has 0 radical (unpaired) electrons. The van der Waals surface area contributed by atoms with Crippen LogP contribution in [0.1, 0.15) is 126 Å². The molecule has 0 bridgehead atoms. The van der Waals surface area contributed by atoms with Gasteiger partial charge in [0.15, 0.2) is 0 Å². The van der Waals surface area contributed by atoms with Gasteiger partial charge in [-0.2, -0.15) is 0 Å². The third-order valence-corrected chi connectivity index (χ3v) is 8.90. The van der Waals surface area contributed by atoms with Crippen LogP contribution in [-0.4, -0.2) is 57.5 Å². The monoisotopic (exact) mass is 730 g/mol. The van der Waals surface area contributed by atoms with Crippen LogP contribution in [0.15, 0.2) is 42.7 Å². The molecule has 0 aliphatic heterocycles. The largest absolute Gasteiger partial charge is 0.388 e. The average molecular weight is 731 g/mol. The Morgan fingerprint density at radius 1 is 0.717 bits per heavy atom. The molecule has 2 heterocycles. The highest BCUT2D eigenvalue weighted by Crippen LogP contribution is 2.33. The number of nitrogens with one attached hydrogen (secondary N) is 4. The van der Waals surface area contributed by atoms with Crippen molar-refractivity contribution in [2.75, 3.05) is 18.0 Å². The van der Waals surface area contributed by atoms with Crippen molar-refractivity contribution in [1.29, 1.82) is 10.8 Å². The SMILES string of the molecule is Cc1cc(C(N)=O)ccc1C(=O)N(c1cc(C(=O)NCCCCC(=N)N)n(CCC(C)C)c1)c1cc(C(=O)NCCCCC(=N)N)n(CCC(C)C)c1. The molecular weight excluding hydrogens is 672 g/mol. The predicted octanol–water partition coefficient (Wildman–Crippen LogP) is 5.44. The molecule has 53 heavy (non-hydrogen) atoms. The number of aryl methyl sites for hydroxylation is 3. The molecule has 0 spiro atoms. The van der Waals surface area contributed by atoms with Gasteiger partial charge < -0.3 is 37.0 Å². The number of rotatable bonds is 22. The molecule has 0 saturated carbocycles. The smallest absolute Gasteiger partial charge is 0.267 e. The lowest BCUT2D eigenvalue weighted by atomic mass is 10.0. The van der Waals surface area contributed by atoms with Gasteiger partial charge in [-0.15, -0.1) is 0 Å². The lowest BCUT2D eigenvalue weighted by Gasteiger charge is -2.21. The third-order valence-electron chi connectivity index (χ3n) is 8.90. The molecule has 0 saturated heterocycles. The number of amides is 4. The number of carbonyl (C=O) groups is 4. The minimum absolute atomic E-state index is 0.108. The molecule has 1 aromatic carbocycles. The summed E-state index contributed by atoms with van der Waals surface area (Å²) in [6, 6.07) is 8.04. The van der Waals surface area contributed by atoms with Crippen molar-refractivity contribution in [1.82, 2.24) is 19.8 Å². The number of nitrogens with zero attached hydrogens (tertiary/aromatic N) is 3. The zero-order valence-electron chi connectivity index (χ0n) is 31.9. The summed E-state index contributed by atoms with van der Waals surface area (Å²) in [5.41, 5.74) is 19.3. The van der Waals surface area contributed by atoms with Crippen LogP contribution >= 0.6 is 0 Å². The minimum atomic E-state index is -0.609. The predicted molar refractivity (Wildman–Crippen MR) is 210 cm³/mol. The molecule has 288 valence electrons. The fourth-order valence-electron chi connectivity index (χ4n) is 5.81. The molecule has 0 aliphatic carbocycles. The first-order chi connectivity index (χ1) is 25.1. The molecule has 0 unspecified atom stereocenters. The highest BCUT2D eigenvalue weighted by molar-refractivity contribution is 6.13. The van der Waals surface area contributed by atoms with Gasteiger partial charge in [0.05, 0.1) is 23.0 Å². The van der Waals surface area contributed by atoms with E-state index in [1.165, 1.54) is 11.0 Å². The van der Waals surface area contributed by atoms with Gasteiger partial charge in [0.2, 0.25) is 5.91 Å².